The average Bonchev–Trinajstić information content (AvgIpc) is 2.74. The zero-order chi connectivity index (χ0) is 20.5. The molecule has 3 aromatic rings. The van der Waals surface area contributed by atoms with Gasteiger partial charge in [0.25, 0.3) is 0 Å². The van der Waals surface area contributed by atoms with Crippen molar-refractivity contribution in [2.45, 2.75) is 44.9 Å². The first-order chi connectivity index (χ1) is 14.2. The van der Waals surface area contributed by atoms with E-state index in [9.17, 15) is 9.90 Å². The van der Waals surface area contributed by atoms with Crippen LogP contribution in [0.5, 0.6) is 11.5 Å². The number of hydrogen-bond donors (Lipinski definition) is 1. The van der Waals surface area contributed by atoms with Gasteiger partial charge in [0.05, 0.1) is 6.61 Å². The summed E-state index contributed by atoms with van der Waals surface area (Å²) in [5.74, 6) is 0.278. The lowest BCUT2D eigenvalue weighted by atomic mass is 9.94. The van der Waals surface area contributed by atoms with Gasteiger partial charge in [0, 0.05) is 12.0 Å². The van der Waals surface area contributed by atoms with Crippen molar-refractivity contribution >= 4 is 0 Å². The van der Waals surface area contributed by atoms with E-state index >= 15 is 0 Å². The van der Waals surface area contributed by atoms with Crippen molar-refractivity contribution in [1.29, 1.82) is 0 Å². The largest absolute Gasteiger partial charge is 0.504 e. The molecule has 4 nitrogen and oxygen atoms in total. The van der Waals surface area contributed by atoms with E-state index in [4.69, 9.17) is 9.15 Å². The summed E-state index contributed by atoms with van der Waals surface area (Å²) in [5.41, 5.74) is 1.83. The maximum atomic E-state index is 12.4. The smallest absolute Gasteiger partial charge is 0.382 e. The maximum absolute atomic E-state index is 12.4. The van der Waals surface area contributed by atoms with Gasteiger partial charge in [-0.3, -0.25) is 0 Å². The fraction of sp³-hybridized carbons (Fsp3) is 0.320. The van der Waals surface area contributed by atoms with Crippen LogP contribution in [-0.4, -0.2) is 11.7 Å². The van der Waals surface area contributed by atoms with Gasteiger partial charge in [-0.25, -0.2) is 4.79 Å². The second kappa shape index (κ2) is 10.5. The summed E-state index contributed by atoms with van der Waals surface area (Å²) in [6, 6.07) is 21.8. The summed E-state index contributed by atoms with van der Waals surface area (Å²) in [6.45, 7) is 2.41. The van der Waals surface area contributed by atoms with E-state index in [0.29, 0.717) is 12.4 Å². The molecule has 0 saturated heterocycles. The Morgan fingerprint density at radius 2 is 1.62 bits per heavy atom. The molecule has 1 heterocycles. The fourth-order valence-electron chi connectivity index (χ4n) is 3.42. The molecule has 0 saturated carbocycles. The monoisotopic (exact) mass is 392 g/mol. The zero-order valence-corrected chi connectivity index (χ0v) is 16.8. The number of hydrogen-bond acceptors (Lipinski definition) is 4. The first kappa shape index (κ1) is 20.7. The van der Waals surface area contributed by atoms with Crippen LogP contribution in [0.3, 0.4) is 0 Å². The standard InChI is InChI=1S/C25H28O4/c1-2-21(17-20-14-7-4-8-15-20)23-18-22(26)24(25(27)29-23)28-16-10-9-13-19-11-5-3-6-12-19/h3-8,11-12,14-15,18,21,26H,2,9-10,13,16-17H2,1H3. The Kier molecular flexibility index (Phi) is 7.51. The molecule has 0 amide bonds. The van der Waals surface area contributed by atoms with Gasteiger partial charge in [-0.1, -0.05) is 67.6 Å². The normalized spacial score (nSPS) is 11.9. The van der Waals surface area contributed by atoms with E-state index in [1.54, 1.807) is 0 Å². The Labute approximate surface area is 171 Å². The van der Waals surface area contributed by atoms with Gasteiger partial charge in [0.2, 0.25) is 5.75 Å². The second-order valence-electron chi connectivity index (χ2n) is 7.24. The van der Waals surface area contributed by atoms with E-state index in [0.717, 1.165) is 32.1 Å². The SMILES string of the molecule is CCC(Cc1ccccc1)c1cc(O)c(OCCCCc2ccccc2)c(=O)o1. The third-order valence-corrected chi connectivity index (χ3v) is 5.08. The third-order valence-electron chi connectivity index (χ3n) is 5.08. The highest BCUT2D eigenvalue weighted by atomic mass is 16.5. The molecule has 0 aliphatic heterocycles. The van der Waals surface area contributed by atoms with Crippen LogP contribution >= 0.6 is 0 Å². The van der Waals surface area contributed by atoms with Gasteiger partial charge < -0.3 is 14.3 Å². The molecular formula is C25H28O4. The van der Waals surface area contributed by atoms with Crippen LogP contribution in [0.2, 0.25) is 0 Å². The minimum absolute atomic E-state index is 0.0240. The molecule has 3 rings (SSSR count). The first-order valence-electron chi connectivity index (χ1n) is 10.2. The third kappa shape index (κ3) is 5.98. The van der Waals surface area contributed by atoms with Gasteiger partial charge in [-0.2, -0.15) is 0 Å². The van der Waals surface area contributed by atoms with E-state index < -0.39 is 5.63 Å². The number of unbranched alkanes of at least 4 members (excludes halogenated alkanes) is 1. The van der Waals surface area contributed by atoms with Gasteiger partial charge in [-0.15, -0.1) is 0 Å². The molecule has 1 N–H and O–H groups in total. The molecule has 0 spiro atoms. The summed E-state index contributed by atoms with van der Waals surface area (Å²) in [7, 11) is 0. The Morgan fingerprint density at radius 1 is 0.966 bits per heavy atom. The van der Waals surface area contributed by atoms with E-state index in [2.05, 4.69) is 12.1 Å². The lowest BCUT2D eigenvalue weighted by Crippen LogP contribution is -2.12. The zero-order valence-electron chi connectivity index (χ0n) is 16.8. The van der Waals surface area contributed by atoms with Crippen molar-refractivity contribution in [3.05, 3.63) is 94.0 Å². The van der Waals surface area contributed by atoms with Crippen molar-refractivity contribution < 1.29 is 14.3 Å². The molecule has 0 bridgehead atoms. The number of aryl methyl sites for hydroxylation is 1. The van der Waals surface area contributed by atoms with E-state index in [1.165, 1.54) is 17.2 Å². The van der Waals surface area contributed by atoms with Crippen LogP contribution in [0, 0.1) is 0 Å². The molecule has 0 aliphatic rings. The van der Waals surface area contributed by atoms with Gasteiger partial charge >= 0.3 is 5.63 Å². The highest BCUT2D eigenvalue weighted by Gasteiger charge is 2.19. The number of rotatable bonds is 10. The van der Waals surface area contributed by atoms with Crippen LogP contribution in [0.15, 0.2) is 75.9 Å². The topological polar surface area (TPSA) is 59.7 Å². The summed E-state index contributed by atoms with van der Waals surface area (Å²) in [6.07, 6.45) is 4.25. The molecule has 1 aromatic heterocycles. The van der Waals surface area contributed by atoms with Crippen LogP contribution in [0.25, 0.3) is 0 Å². The van der Waals surface area contributed by atoms with Crippen molar-refractivity contribution in [1.82, 2.24) is 0 Å². The molecule has 29 heavy (non-hydrogen) atoms. The highest BCUT2D eigenvalue weighted by molar-refractivity contribution is 5.37. The molecular weight excluding hydrogens is 364 g/mol. The summed E-state index contributed by atoms with van der Waals surface area (Å²) >= 11 is 0. The van der Waals surface area contributed by atoms with E-state index in [1.807, 2.05) is 55.5 Å². The fourth-order valence-corrected chi connectivity index (χ4v) is 3.42. The molecule has 0 radical (unpaired) electrons. The summed E-state index contributed by atoms with van der Waals surface area (Å²) in [4.78, 5) is 12.4. The predicted molar refractivity (Wildman–Crippen MR) is 115 cm³/mol. The van der Waals surface area contributed by atoms with E-state index in [-0.39, 0.29) is 17.4 Å². The Hall–Kier alpha value is -3.01. The maximum Gasteiger partial charge on any atom is 0.382 e. The summed E-state index contributed by atoms with van der Waals surface area (Å²) in [5, 5.41) is 10.3. The minimum atomic E-state index is -0.616. The lowest BCUT2D eigenvalue weighted by Gasteiger charge is -2.15. The Balaban J connectivity index is 1.57. The Morgan fingerprint density at radius 3 is 2.24 bits per heavy atom. The number of ether oxygens (including phenoxy) is 1. The highest BCUT2D eigenvalue weighted by Crippen LogP contribution is 2.30. The Bertz CT molecular complexity index is 932. The van der Waals surface area contributed by atoms with Crippen molar-refractivity contribution in [3.63, 3.8) is 0 Å². The first-order valence-corrected chi connectivity index (χ1v) is 10.2. The van der Waals surface area contributed by atoms with Crippen LogP contribution < -0.4 is 10.4 Å². The predicted octanol–water partition coefficient (Wildman–Crippen LogP) is 5.48. The quantitative estimate of drug-likeness (QED) is 0.464. The number of benzene rings is 2. The molecule has 0 aliphatic carbocycles. The molecule has 1 unspecified atom stereocenters. The molecule has 0 fully saturated rings. The van der Waals surface area contributed by atoms with Crippen LogP contribution in [-0.2, 0) is 12.8 Å². The van der Waals surface area contributed by atoms with Gasteiger partial charge in [-0.05, 0) is 43.2 Å². The molecule has 1 atom stereocenters. The lowest BCUT2D eigenvalue weighted by molar-refractivity contribution is 0.266. The summed E-state index contributed by atoms with van der Waals surface area (Å²) < 4.78 is 11.0. The van der Waals surface area contributed by atoms with Gasteiger partial charge in [0.1, 0.15) is 5.76 Å². The second-order valence-corrected chi connectivity index (χ2v) is 7.24. The van der Waals surface area contributed by atoms with Gasteiger partial charge in [0.15, 0.2) is 5.75 Å². The number of aromatic hydroxyl groups is 1. The average molecular weight is 392 g/mol. The molecule has 4 heteroatoms. The van der Waals surface area contributed by atoms with Crippen LogP contribution in [0.1, 0.15) is 49.0 Å². The van der Waals surface area contributed by atoms with Crippen molar-refractivity contribution in [2.75, 3.05) is 6.61 Å². The molecule has 2 aromatic carbocycles. The van der Waals surface area contributed by atoms with Crippen LogP contribution in [0.4, 0.5) is 0 Å². The molecule has 152 valence electrons. The minimum Gasteiger partial charge on any atom is -0.504 e. The van der Waals surface area contributed by atoms with Crippen molar-refractivity contribution in [2.24, 2.45) is 0 Å². The van der Waals surface area contributed by atoms with Crippen molar-refractivity contribution in [3.8, 4) is 11.5 Å².